The van der Waals surface area contributed by atoms with Crippen LogP contribution in [-0.4, -0.2) is 36.2 Å². The van der Waals surface area contributed by atoms with Crippen molar-refractivity contribution in [3.63, 3.8) is 0 Å². The predicted octanol–water partition coefficient (Wildman–Crippen LogP) is 18.7. The minimum Gasteiger partial charge on any atom is -0.328 e. The largest absolute Gasteiger partial charge is 0.329 e. The zero-order valence-electron chi connectivity index (χ0n) is 45.3. The van der Waals surface area contributed by atoms with Crippen molar-refractivity contribution < 1.29 is 27.9 Å². The standard InChI is InChI=1S/C58H104O6P2/c1-14-19-23-25-27-29-42-61-65(59)63-44-31-40-57(38-21-16-3,52-46-48(6)34-36-50(52)55(8,9)10)54(33-18-5)58(39-22-17-4,53-47-49(7)35-37-51(53)56(11,12)13)41-32-45-64-66(60)62-43-30-28-26-24-20-15-2/h34-37,46-47,54,59-60H,14-33,38-45H2,1-13H3. The van der Waals surface area contributed by atoms with E-state index in [0.717, 1.165) is 103 Å². The Morgan fingerprint density at radius 1 is 0.409 bits per heavy atom. The molecule has 66 heavy (non-hydrogen) atoms. The molecule has 0 radical (unpaired) electrons. The maximum absolute atomic E-state index is 11.0. The Labute approximate surface area is 411 Å². The molecule has 2 rings (SSSR count). The van der Waals surface area contributed by atoms with Crippen molar-refractivity contribution in [2.75, 3.05) is 26.4 Å². The van der Waals surface area contributed by atoms with Crippen LogP contribution in [0.15, 0.2) is 36.4 Å². The molecular formula is C58H104O6P2. The monoisotopic (exact) mass is 959 g/mol. The van der Waals surface area contributed by atoms with Gasteiger partial charge in [0.15, 0.2) is 0 Å². The SMILES string of the molecule is CCCCCCCCOP(O)OCCCC(CCCC)(c1cc(C)ccc1C(C)(C)C)C(CCC)C(CCCC)(CCCOP(O)OCCCCCCCC)c1cc(C)ccc1C(C)(C)C. The van der Waals surface area contributed by atoms with E-state index in [1.165, 1.54) is 84.7 Å². The van der Waals surface area contributed by atoms with Crippen LogP contribution in [0.5, 0.6) is 0 Å². The van der Waals surface area contributed by atoms with Crippen molar-refractivity contribution in [3.05, 3.63) is 69.8 Å². The summed E-state index contributed by atoms with van der Waals surface area (Å²) in [6.45, 7) is 32.5. The molecule has 0 aromatic heterocycles. The van der Waals surface area contributed by atoms with Gasteiger partial charge in [0.05, 0.1) is 26.4 Å². The van der Waals surface area contributed by atoms with Crippen molar-refractivity contribution in [3.8, 4) is 0 Å². The van der Waals surface area contributed by atoms with E-state index in [-0.39, 0.29) is 27.6 Å². The fourth-order valence-corrected chi connectivity index (χ4v) is 12.1. The summed E-state index contributed by atoms with van der Waals surface area (Å²) in [4.78, 5) is 22.0. The molecule has 8 heteroatoms. The molecule has 0 aliphatic heterocycles. The van der Waals surface area contributed by atoms with E-state index >= 15 is 0 Å². The summed E-state index contributed by atoms with van der Waals surface area (Å²) in [7, 11) is -3.86. The van der Waals surface area contributed by atoms with Crippen molar-refractivity contribution >= 4 is 17.2 Å². The highest BCUT2D eigenvalue weighted by atomic mass is 31.2. The molecular weight excluding hydrogens is 855 g/mol. The van der Waals surface area contributed by atoms with Gasteiger partial charge in [-0.15, -0.1) is 0 Å². The third-order valence-electron chi connectivity index (χ3n) is 14.2. The molecule has 0 fully saturated rings. The first-order valence-electron chi connectivity index (χ1n) is 27.2. The highest BCUT2D eigenvalue weighted by Gasteiger charge is 2.53. The number of benzene rings is 2. The highest BCUT2D eigenvalue weighted by molar-refractivity contribution is 7.40. The molecule has 6 nitrogen and oxygen atoms in total. The lowest BCUT2D eigenvalue weighted by Gasteiger charge is -2.55. The Morgan fingerprint density at radius 3 is 1.06 bits per heavy atom. The highest BCUT2D eigenvalue weighted by Crippen LogP contribution is 2.59. The molecule has 4 atom stereocenters. The first kappa shape index (κ1) is 61.2. The van der Waals surface area contributed by atoms with Crippen LogP contribution in [0.4, 0.5) is 0 Å². The second-order valence-electron chi connectivity index (χ2n) is 22.0. The zero-order chi connectivity index (χ0) is 49.1. The number of hydrogen-bond donors (Lipinski definition) is 2. The maximum Gasteiger partial charge on any atom is 0.329 e. The number of rotatable bonds is 38. The summed E-state index contributed by atoms with van der Waals surface area (Å²) in [5.41, 5.74) is 8.01. The van der Waals surface area contributed by atoms with Crippen LogP contribution >= 0.6 is 17.2 Å². The van der Waals surface area contributed by atoms with Gasteiger partial charge in [0.25, 0.3) is 0 Å². The fourth-order valence-electron chi connectivity index (χ4n) is 10.8. The second-order valence-corrected chi connectivity index (χ2v) is 24.0. The summed E-state index contributed by atoms with van der Waals surface area (Å²) < 4.78 is 24.2. The van der Waals surface area contributed by atoms with E-state index in [2.05, 4.69) is 126 Å². The fraction of sp³-hybridized carbons (Fsp3) is 0.793. The molecule has 2 aromatic carbocycles. The van der Waals surface area contributed by atoms with Crippen molar-refractivity contribution in [1.29, 1.82) is 0 Å². The Hall–Kier alpha value is -0.940. The summed E-state index contributed by atoms with van der Waals surface area (Å²) >= 11 is 0. The number of unbranched alkanes of at least 4 members (excludes halogenated alkanes) is 12. The van der Waals surface area contributed by atoms with Crippen LogP contribution in [0.2, 0.25) is 0 Å². The molecule has 0 aliphatic carbocycles. The van der Waals surface area contributed by atoms with Gasteiger partial charge >= 0.3 is 17.2 Å². The van der Waals surface area contributed by atoms with Gasteiger partial charge in [0, 0.05) is 0 Å². The molecule has 0 saturated heterocycles. The Kier molecular flexibility index (Phi) is 30.5. The maximum atomic E-state index is 11.0. The first-order chi connectivity index (χ1) is 31.5. The van der Waals surface area contributed by atoms with Gasteiger partial charge in [-0.25, -0.2) is 0 Å². The lowest BCUT2D eigenvalue weighted by Crippen LogP contribution is -2.50. The summed E-state index contributed by atoms with van der Waals surface area (Å²) in [5.74, 6) is 0.290. The molecule has 0 saturated carbocycles. The minimum absolute atomic E-state index is 0.0643. The summed E-state index contributed by atoms with van der Waals surface area (Å²) in [6, 6.07) is 14.7. The Morgan fingerprint density at radius 2 is 0.727 bits per heavy atom. The van der Waals surface area contributed by atoms with Crippen LogP contribution in [0.25, 0.3) is 0 Å². The molecule has 0 amide bonds. The third-order valence-corrected chi connectivity index (χ3v) is 15.9. The van der Waals surface area contributed by atoms with Crippen molar-refractivity contribution in [2.45, 2.75) is 266 Å². The lowest BCUT2D eigenvalue weighted by atomic mass is 9.49. The molecule has 0 heterocycles. The third kappa shape index (κ3) is 20.8. The Balaban J connectivity index is 2.82. The molecule has 0 spiro atoms. The van der Waals surface area contributed by atoms with E-state index in [0.29, 0.717) is 26.4 Å². The quantitative estimate of drug-likeness (QED) is 0.0516. The van der Waals surface area contributed by atoms with Crippen LogP contribution in [0.3, 0.4) is 0 Å². The molecule has 382 valence electrons. The second kappa shape index (κ2) is 32.9. The van der Waals surface area contributed by atoms with E-state index in [9.17, 15) is 9.79 Å². The first-order valence-corrected chi connectivity index (χ1v) is 29.5. The van der Waals surface area contributed by atoms with Gasteiger partial charge in [-0.2, -0.15) is 0 Å². The molecule has 2 aromatic rings. The van der Waals surface area contributed by atoms with Crippen LogP contribution < -0.4 is 0 Å². The van der Waals surface area contributed by atoms with Gasteiger partial charge in [-0.1, -0.05) is 220 Å². The Bertz CT molecular complexity index is 1440. The zero-order valence-corrected chi connectivity index (χ0v) is 47.1. The van der Waals surface area contributed by atoms with E-state index in [1.54, 1.807) is 0 Å². The summed E-state index contributed by atoms with van der Waals surface area (Å²) in [6.07, 6.45) is 26.6. The number of aryl methyl sites for hydroxylation is 2. The van der Waals surface area contributed by atoms with Gasteiger partial charge in [0.1, 0.15) is 0 Å². The van der Waals surface area contributed by atoms with E-state index < -0.39 is 17.2 Å². The van der Waals surface area contributed by atoms with Gasteiger partial charge < -0.3 is 27.9 Å². The summed E-state index contributed by atoms with van der Waals surface area (Å²) in [5, 5.41) is 0. The van der Waals surface area contributed by atoms with E-state index in [4.69, 9.17) is 18.1 Å². The van der Waals surface area contributed by atoms with Gasteiger partial charge in [-0.3, -0.25) is 0 Å². The molecule has 4 unspecified atom stereocenters. The van der Waals surface area contributed by atoms with E-state index in [1.807, 2.05) is 0 Å². The predicted molar refractivity (Wildman–Crippen MR) is 288 cm³/mol. The van der Waals surface area contributed by atoms with Gasteiger partial charge in [0.2, 0.25) is 0 Å². The molecule has 2 N–H and O–H groups in total. The molecule has 0 bridgehead atoms. The molecule has 0 aliphatic rings. The topological polar surface area (TPSA) is 77.4 Å². The van der Waals surface area contributed by atoms with Crippen molar-refractivity contribution in [2.24, 2.45) is 5.92 Å². The number of hydrogen-bond acceptors (Lipinski definition) is 6. The van der Waals surface area contributed by atoms with Gasteiger partial charge in [-0.05, 0) is 121 Å². The van der Waals surface area contributed by atoms with Crippen LogP contribution in [0, 0.1) is 19.8 Å². The van der Waals surface area contributed by atoms with Crippen LogP contribution in [0.1, 0.15) is 264 Å². The average molecular weight is 959 g/mol. The lowest BCUT2D eigenvalue weighted by molar-refractivity contribution is 0.0778. The minimum atomic E-state index is -1.93. The average Bonchev–Trinajstić information content (AvgIpc) is 3.26. The van der Waals surface area contributed by atoms with Crippen LogP contribution in [-0.2, 0) is 39.8 Å². The smallest absolute Gasteiger partial charge is 0.328 e. The normalized spacial score (nSPS) is 15.7. The van der Waals surface area contributed by atoms with Crippen molar-refractivity contribution in [1.82, 2.24) is 0 Å².